The Kier molecular flexibility index (Phi) is 5.95. The largest absolute Gasteiger partial charge is 0.399 e. The van der Waals surface area contributed by atoms with E-state index in [-0.39, 0.29) is 5.91 Å². The minimum atomic E-state index is 0.0579. The van der Waals surface area contributed by atoms with E-state index in [0.717, 1.165) is 28.4 Å². The van der Waals surface area contributed by atoms with Gasteiger partial charge in [0.1, 0.15) is 0 Å². The highest BCUT2D eigenvalue weighted by molar-refractivity contribution is 7.09. The molecular formula is C17H23N3OS. The van der Waals surface area contributed by atoms with Crippen LogP contribution in [0.1, 0.15) is 42.5 Å². The fourth-order valence-corrected chi connectivity index (χ4v) is 3.00. The molecule has 3 N–H and O–H groups in total. The first-order valence-electron chi connectivity index (χ1n) is 7.60. The third-order valence-electron chi connectivity index (χ3n) is 3.44. The Morgan fingerprint density at radius 2 is 2.09 bits per heavy atom. The van der Waals surface area contributed by atoms with Gasteiger partial charge in [-0.3, -0.25) is 4.79 Å². The van der Waals surface area contributed by atoms with Crippen molar-refractivity contribution in [2.24, 2.45) is 0 Å². The maximum atomic E-state index is 11.9. The maximum Gasteiger partial charge on any atom is 0.220 e. The maximum absolute atomic E-state index is 11.9. The van der Waals surface area contributed by atoms with Crippen molar-refractivity contribution in [1.82, 2.24) is 10.3 Å². The minimum Gasteiger partial charge on any atom is -0.399 e. The zero-order valence-corrected chi connectivity index (χ0v) is 14.0. The summed E-state index contributed by atoms with van der Waals surface area (Å²) < 4.78 is 0. The number of amides is 1. The third-order valence-corrected chi connectivity index (χ3v) is 4.64. The van der Waals surface area contributed by atoms with Crippen molar-refractivity contribution >= 4 is 22.9 Å². The molecule has 0 aliphatic heterocycles. The Labute approximate surface area is 135 Å². The molecule has 1 amide bonds. The fraction of sp³-hybridized carbons (Fsp3) is 0.412. The number of anilines is 1. The lowest BCUT2D eigenvalue weighted by Crippen LogP contribution is -2.26. The fourth-order valence-electron chi connectivity index (χ4n) is 2.13. The molecular weight excluding hydrogens is 294 g/mol. The van der Waals surface area contributed by atoms with Gasteiger partial charge in [-0.05, 0) is 18.1 Å². The highest BCUT2D eigenvalue weighted by atomic mass is 32.1. The van der Waals surface area contributed by atoms with Crippen LogP contribution in [-0.4, -0.2) is 17.4 Å². The number of hydrogen-bond donors (Lipinski definition) is 2. The molecule has 22 heavy (non-hydrogen) atoms. The zero-order chi connectivity index (χ0) is 15.9. The summed E-state index contributed by atoms with van der Waals surface area (Å²) in [5.74, 6) is 0.521. The van der Waals surface area contributed by atoms with Gasteiger partial charge in [0.05, 0.1) is 10.7 Å². The van der Waals surface area contributed by atoms with Crippen LogP contribution in [0.25, 0.3) is 0 Å². The Bertz CT molecular complexity index is 622. The molecule has 2 aromatic rings. The molecule has 0 bridgehead atoms. The van der Waals surface area contributed by atoms with Gasteiger partial charge in [0, 0.05) is 36.4 Å². The number of aryl methyl sites for hydroxylation is 1. The van der Waals surface area contributed by atoms with E-state index in [4.69, 9.17) is 5.73 Å². The van der Waals surface area contributed by atoms with Crippen molar-refractivity contribution in [2.45, 2.75) is 39.0 Å². The molecule has 0 saturated heterocycles. The van der Waals surface area contributed by atoms with Crippen LogP contribution in [0.5, 0.6) is 0 Å². The quantitative estimate of drug-likeness (QED) is 0.771. The molecule has 1 aromatic carbocycles. The Morgan fingerprint density at radius 1 is 1.32 bits per heavy atom. The first kappa shape index (κ1) is 16.5. The van der Waals surface area contributed by atoms with Gasteiger partial charge < -0.3 is 11.1 Å². The number of thiazole rings is 1. The van der Waals surface area contributed by atoms with Crippen molar-refractivity contribution < 1.29 is 4.79 Å². The van der Waals surface area contributed by atoms with E-state index in [9.17, 15) is 4.79 Å². The van der Waals surface area contributed by atoms with Crippen molar-refractivity contribution in [3.63, 3.8) is 0 Å². The van der Waals surface area contributed by atoms with Crippen LogP contribution in [0.4, 0.5) is 5.69 Å². The number of nitrogens with one attached hydrogen (secondary N) is 1. The smallest absolute Gasteiger partial charge is 0.220 e. The molecule has 0 radical (unpaired) electrons. The molecule has 1 aromatic heterocycles. The number of nitrogens with zero attached hydrogens (tertiary/aromatic N) is 1. The number of benzene rings is 1. The molecule has 0 aliphatic rings. The summed E-state index contributed by atoms with van der Waals surface area (Å²) in [7, 11) is 0. The van der Waals surface area contributed by atoms with E-state index >= 15 is 0 Å². The lowest BCUT2D eigenvalue weighted by molar-refractivity contribution is -0.121. The van der Waals surface area contributed by atoms with Gasteiger partial charge in [-0.1, -0.05) is 32.0 Å². The summed E-state index contributed by atoms with van der Waals surface area (Å²) >= 11 is 1.69. The normalized spacial score (nSPS) is 10.9. The van der Waals surface area contributed by atoms with Gasteiger partial charge in [0.25, 0.3) is 0 Å². The van der Waals surface area contributed by atoms with Crippen LogP contribution >= 0.6 is 11.3 Å². The first-order chi connectivity index (χ1) is 10.6. The molecule has 0 unspecified atom stereocenters. The molecule has 118 valence electrons. The molecule has 2 rings (SSSR count). The number of para-hydroxylation sites is 1. The lowest BCUT2D eigenvalue weighted by Gasteiger charge is -2.06. The van der Waals surface area contributed by atoms with Gasteiger partial charge in [-0.25, -0.2) is 4.98 Å². The lowest BCUT2D eigenvalue weighted by atomic mass is 10.1. The van der Waals surface area contributed by atoms with Crippen molar-refractivity contribution in [1.29, 1.82) is 0 Å². The van der Waals surface area contributed by atoms with Gasteiger partial charge in [-0.2, -0.15) is 0 Å². The van der Waals surface area contributed by atoms with Gasteiger partial charge in [0.15, 0.2) is 0 Å². The topological polar surface area (TPSA) is 68.0 Å². The SMILES string of the molecule is CC(C)c1nc(CCNC(=O)CCc2ccccc2N)cs1. The van der Waals surface area contributed by atoms with E-state index < -0.39 is 0 Å². The minimum absolute atomic E-state index is 0.0579. The van der Waals surface area contributed by atoms with Gasteiger partial charge in [0.2, 0.25) is 5.91 Å². The van der Waals surface area contributed by atoms with Crippen LogP contribution in [0, 0.1) is 0 Å². The molecule has 0 saturated carbocycles. The summed E-state index contributed by atoms with van der Waals surface area (Å²) in [6, 6.07) is 7.67. The molecule has 0 spiro atoms. The number of carbonyl (C=O) groups excluding carboxylic acids is 1. The predicted octanol–water partition coefficient (Wildman–Crippen LogP) is 3.14. The van der Waals surface area contributed by atoms with E-state index in [1.807, 2.05) is 24.3 Å². The first-order valence-corrected chi connectivity index (χ1v) is 8.48. The average molecular weight is 317 g/mol. The Morgan fingerprint density at radius 3 is 2.77 bits per heavy atom. The highest BCUT2D eigenvalue weighted by Gasteiger charge is 2.07. The standard InChI is InChI=1S/C17H23N3OS/c1-12(2)17-20-14(11-22-17)9-10-19-16(21)8-7-13-5-3-4-6-15(13)18/h3-6,11-12H,7-10,18H2,1-2H3,(H,19,21). The number of carbonyl (C=O) groups is 1. The molecule has 5 heteroatoms. The molecule has 0 fully saturated rings. The van der Waals surface area contributed by atoms with Crippen LogP contribution in [0.3, 0.4) is 0 Å². The molecule has 4 nitrogen and oxygen atoms in total. The van der Waals surface area contributed by atoms with E-state index in [1.54, 1.807) is 11.3 Å². The third kappa shape index (κ3) is 4.84. The highest BCUT2D eigenvalue weighted by Crippen LogP contribution is 2.19. The summed E-state index contributed by atoms with van der Waals surface area (Å²) in [6.07, 6.45) is 1.91. The average Bonchev–Trinajstić information content (AvgIpc) is 2.95. The monoisotopic (exact) mass is 317 g/mol. The predicted molar refractivity (Wildman–Crippen MR) is 92.1 cm³/mol. The van der Waals surface area contributed by atoms with Crippen molar-refractivity contribution in [3.05, 3.63) is 45.9 Å². The van der Waals surface area contributed by atoms with E-state index in [2.05, 4.69) is 29.5 Å². The van der Waals surface area contributed by atoms with Crippen molar-refractivity contribution in [3.8, 4) is 0 Å². The van der Waals surface area contributed by atoms with Crippen LogP contribution in [0.2, 0.25) is 0 Å². The van der Waals surface area contributed by atoms with E-state index in [0.29, 0.717) is 25.3 Å². The van der Waals surface area contributed by atoms with Crippen molar-refractivity contribution in [2.75, 3.05) is 12.3 Å². The van der Waals surface area contributed by atoms with E-state index in [1.165, 1.54) is 0 Å². The number of nitrogen functional groups attached to an aromatic ring is 1. The summed E-state index contributed by atoms with van der Waals surface area (Å²) in [6.45, 7) is 4.91. The van der Waals surface area contributed by atoms with Crippen LogP contribution in [-0.2, 0) is 17.6 Å². The molecule has 1 heterocycles. The summed E-state index contributed by atoms with van der Waals surface area (Å²) in [5.41, 5.74) is 8.70. The van der Waals surface area contributed by atoms with Gasteiger partial charge >= 0.3 is 0 Å². The number of rotatable bonds is 7. The second-order valence-corrected chi connectivity index (χ2v) is 6.52. The van der Waals surface area contributed by atoms with Crippen LogP contribution in [0.15, 0.2) is 29.6 Å². The second kappa shape index (κ2) is 7.94. The number of aromatic nitrogens is 1. The van der Waals surface area contributed by atoms with Gasteiger partial charge in [-0.15, -0.1) is 11.3 Å². The summed E-state index contributed by atoms with van der Waals surface area (Å²) in [4.78, 5) is 16.4. The van der Waals surface area contributed by atoms with Crippen LogP contribution < -0.4 is 11.1 Å². The molecule has 0 atom stereocenters. The Hall–Kier alpha value is -1.88. The summed E-state index contributed by atoms with van der Waals surface area (Å²) in [5, 5.41) is 6.17. The Balaban J connectivity index is 1.70. The number of nitrogens with two attached hydrogens (primary N) is 1. The zero-order valence-electron chi connectivity index (χ0n) is 13.1. The second-order valence-electron chi connectivity index (χ2n) is 5.63. The number of hydrogen-bond acceptors (Lipinski definition) is 4. The molecule has 0 aliphatic carbocycles.